The lowest BCUT2D eigenvalue weighted by Crippen LogP contribution is -2.15. The predicted molar refractivity (Wildman–Crippen MR) is 60.2 cm³/mol. The summed E-state index contributed by atoms with van der Waals surface area (Å²) in [6.07, 6.45) is 0. The fourth-order valence-corrected chi connectivity index (χ4v) is 1.15. The van der Waals surface area contributed by atoms with Gasteiger partial charge in [0.05, 0.1) is 18.7 Å². The lowest BCUT2D eigenvalue weighted by Gasteiger charge is -2.03. The van der Waals surface area contributed by atoms with Crippen molar-refractivity contribution in [1.29, 1.82) is 0 Å². The average molecular weight is 208 g/mol. The molecule has 15 heavy (non-hydrogen) atoms. The van der Waals surface area contributed by atoms with Crippen molar-refractivity contribution in [2.24, 2.45) is 10.7 Å². The van der Waals surface area contributed by atoms with E-state index in [9.17, 15) is 5.11 Å². The minimum absolute atomic E-state index is 0.148. The van der Waals surface area contributed by atoms with Gasteiger partial charge in [0.2, 0.25) is 0 Å². The molecule has 4 heteroatoms. The van der Waals surface area contributed by atoms with E-state index in [4.69, 9.17) is 10.5 Å². The van der Waals surface area contributed by atoms with Crippen LogP contribution in [0.1, 0.15) is 12.5 Å². The van der Waals surface area contributed by atoms with E-state index in [1.165, 1.54) is 0 Å². The summed E-state index contributed by atoms with van der Waals surface area (Å²) in [6.45, 7) is 3.65. The Labute approximate surface area is 89.4 Å². The van der Waals surface area contributed by atoms with E-state index in [0.717, 1.165) is 0 Å². The highest BCUT2D eigenvalue weighted by Gasteiger charge is 2.02. The summed E-state index contributed by atoms with van der Waals surface area (Å²) in [5.74, 6) is 0.489. The fourth-order valence-electron chi connectivity index (χ4n) is 1.15. The van der Waals surface area contributed by atoms with Crippen molar-refractivity contribution in [2.75, 3.05) is 19.8 Å². The highest BCUT2D eigenvalue weighted by atomic mass is 16.5. The van der Waals surface area contributed by atoms with Crippen molar-refractivity contribution in [3.8, 4) is 5.75 Å². The van der Waals surface area contributed by atoms with Crippen molar-refractivity contribution in [1.82, 2.24) is 0 Å². The first-order valence-electron chi connectivity index (χ1n) is 4.91. The second-order valence-corrected chi connectivity index (χ2v) is 2.98. The molecular formula is C11H16N2O2. The summed E-state index contributed by atoms with van der Waals surface area (Å²) in [6, 6.07) is 6.86. The van der Waals surface area contributed by atoms with E-state index in [0.29, 0.717) is 31.2 Å². The smallest absolute Gasteiger partial charge is 0.129 e. The van der Waals surface area contributed by atoms with Gasteiger partial charge in [0.25, 0.3) is 0 Å². The zero-order chi connectivity index (χ0) is 11.1. The molecule has 0 unspecified atom stereocenters. The Hall–Kier alpha value is -1.55. The second-order valence-electron chi connectivity index (χ2n) is 2.98. The van der Waals surface area contributed by atoms with Crippen LogP contribution in [0, 0.1) is 0 Å². The Balaban J connectivity index is 2.60. The van der Waals surface area contributed by atoms with Crippen LogP contribution in [0.15, 0.2) is 29.3 Å². The molecule has 0 heterocycles. The third kappa shape index (κ3) is 3.59. The topological polar surface area (TPSA) is 67.8 Å². The number of ether oxygens (including phenoxy) is 1. The van der Waals surface area contributed by atoms with Crippen molar-refractivity contribution in [2.45, 2.75) is 6.92 Å². The summed E-state index contributed by atoms with van der Waals surface area (Å²) >= 11 is 0. The molecule has 0 aromatic heterocycles. The fraction of sp³-hybridized carbons (Fsp3) is 0.364. The number of aliphatic imine (C=N–C) groups is 1. The van der Waals surface area contributed by atoms with Crippen molar-refractivity contribution >= 4 is 5.84 Å². The van der Waals surface area contributed by atoms with E-state index in [-0.39, 0.29) is 5.75 Å². The summed E-state index contributed by atoms with van der Waals surface area (Å²) in [7, 11) is 0. The number of nitrogens with two attached hydrogens (primary N) is 1. The maximum atomic E-state index is 9.49. The van der Waals surface area contributed by atoms with Gasteiger partial charge < -0.3 is 15.6 Å². The zero-order valence-electron chi connectivity index (χ0n) is 8.81. The Morgan fingerprint density at radius 2 is 2.20 bits per heavy atom. The van der Waals surface area contributed by atoms with E-state index in [2.05, 4.69) is 4.99 Å². The summed E-state index contributed by atoms with van der Waals surface area (Å²) in [5.41, 5.74) is 6.28. The van der Waals surface area contributed by atoms with E-state index in [1.54, 1.807) is 24.3 Å². The normalized spacial score (nSPS) is 11.7. The molecule has 0 fully saturated rings. The quantitative estimate of drug-likeness (QED) is 0.433. The van der Waals surface area contributed by atoms with Gasteiger partial charge in [-0.05, 0) is 19.1 Å². The van der Waals surface area contributed by atoms with Gasteiger partial charge in [-0.25, -0.2) is 0 Å². The standard InChI is InChI=1S/C11H16N2O2/c1-2-15-8-7-13-11(12)9-5-3-4-6-10(9)14/h3-6,14H,2,7-8H2,1H3,(H2,12,13). The van der Waals surface area contributed by atoms with Crippen LogP contribution < -0.4 is 5.73 Å². The maximum Gasteiger partial charge on any atom is 0.129 e. The van der Waals surface area contributed by atoms with E-state index < -0.39 is 0 Å². The summed E-state index contributed by atoms with van der Waals surface area (Å²) in [4.78, 5) is 4.10. The molecule has 0 saturated heterocycles. The van der Waals surface area contributed by atoms with Gasteiger partial charge in [0.15, 0.2) is 0 Å². The van der Waals surface area contributed by atoms with Gasteiger partial charge in [0.1, 0.15) is 11.6 Å². The molecule has 82 valence electrons. The van der Waals surface area contributed by atoms with Crippen LogP contribution in [-0.4, -0.2) is 30.7 Å². The van der Waals surface area contributed by atoms with E-state index in [1.807, 2.05) is 6.92 Å². The number of amidine groups is 1. The minimum atomic E-state index is 0.148. The Bertz CT molecular complexity index is 337. The molecule has 0 saturated carbocycles. The first-order valence-corrected chi connectivity index (χ1v) is 4.91. The molecule has 0 bridgehead atoms. The predicted octanol–water partition coefficient (Wildman–Crippen LogP) is 1.13. The molecule has 1 rings (SSSR count). The van der Waals surface area contributed by atoms with Crippen LogP contribution in [-0.2, 0) is 4.74 Å². The molecule has 0 radical (unpaired) electrons. The van der Waals surface area contributed by atoms with Crippen LogP contribution in [0.3, 0.4) is 0 Å². The third-order valence-electron chi connectivity index (χ3n) is 1.90. The number of hydrogen-bond acceptors (Lipinski definition) is 3. The zero-order valence-corrected chi connectivity index (χ0v) is 8.81. The van der Waals surface area contributed by atoms with Crippen LogP contribution in [0.4, 0.5) is 0 Å². The number of benzene rings is 1. The number of aromatic hydroxyl groups is 1. The van der Waals surface area contributed by atoms with Gasteiger partial charge >= 0.3 is 0 Å². The molecule has 0 atom stereocenters. The molecule has 3 N–H and O–H groups in total. The maximum absolute atomic E-state index is 9.49. The second kappa shape index (κ2) is 6.03. The largest absolute Gasteiger partial charge is 0.507 e. The first kappa shape index (κ1) is 11.5. The SMILES string of the molecule is CCOCCN=C(N)c1ccccc1O. The molecule has 1 aromatic rings. The number of hydrogen-bond donors (Lipinski definition) is 2. The van der Waals surface area contributed by atoms with Crippen molar-refractivity contribution in [3.63, 3.8) is 0 Å². The Morgan fingerprint density at radius 1 is 1.47 bits per heavy atom. The average Bonchev–Trinajstić information content (AvgIpc) is 2.25. The third-order valence-corrected chi connectivity index (χ3v) is 1.90. The Kier molecular flexibility index (Phi) is 4.63. The van der Waals surface area contributed by atoms with Gasteiger partial charge in [-0.15, -0.1) is 0 Å². The number of nitrogens with zero attached hydrogens (tertiary/aromatic N) is 1. The number of rotatable bonds is 5. The molecule has 1 aromatic carbocycles. The van der Waals surface area contributed by atoms with Crippen LogP contribution >= 0.6 is 0 Å². The highest BCUT2D eigenvalue weighted by Crippen LogP contribution is 2.14. The van der Waals surface area contributed by atoms with Crippen LogP contribution in [0.25, 0.3) is 0 Å². The van der Waals surface area contributed by atoms with Crippen LogP contribution in [0.5, 0.6) is 5.75 Å². The molecular weight excluding hydrogens is 192 g/mol. The van der Waals surface area contributed by atoms with Gasteiger partial charge in [-0.1, -0.05) is 12.1 Å². The Morgan fingerprint density at radius 3 is 2.87 bits per heavy atom. The summed E-state index contributed by atoms with van der Waals surface area (Å²) < 4.78 is 5.12. The van der Waals surface area contributed by atoms with Gasteiger partial charge in [0, 0.05) is 6.61 Å². The first-order chi connectivity index (χ1) is 7.25. The lowest BCUT2D eigenvalue weighted by atomic mass is 10.2. The number of phenolic OH excluding ortho intramolecular Hbond substituents is 1. The molecule has 0 spiro atoms. The highest BCUT2D eigenvalue weighted by molar-refractivity contribution is 5.99. The van der Waals surface area contributed by atoms with Gasteiger partial charge in [-0.3, -0.25) is 4.99 Å². The summed E-state index contributed by atoms with van der Waals surface area (Å²) in [5, 5.41) is 9.49. The molecule has 4 nitrogen and oxygen atoms in total. The van der Waals surface area contributed by atoms with E-state index >= 15 is 0 Å². The minimum Gasteiger partial charge on any atom is -0.507 e. The lowest BCUT2D eigenvalue weighted by molar-refractivity contribution is 0.156. The molecule has 0 amide bonds. The number of para-hydroxylation sites is 1. The van der Waals surface area contributed by atoms with Crippen molar-refractivity contribution in [3.05, 3.63) is 29.8 Å². The molecule has 0 aliphatic heterocycles. The van der Waals surface area contributed by atoms with Gasteiger partial charge in [-0.2, -0.15) is 0 Å². The number of phenols is 1. The molecule has 0 aliphatic rings. The molecule has 0 aliphatic carbocycles. The monoisotopic (exact) mass is 208 g/mol. The van der Waals surface area contributed by atoms with Crippen molar-refractivity contribution < 1.29 is 9.84 Å². The van der Waals surface area contributed by atoms with Crippen LogP contribution in [0.2, 0.25) is 0 Å².